The highest BCUT2D eigenvalue weighted by Gasteiger charge is 2.31. The molecule has 6 nitrogen and oxygen atoms in total. The number of anilines is 1. The number of rotatable bonds is 4. The van der Waals surface area contributed by atoms with Crippen molar-refractivity contribution in [3.63, 3.8) is 0 Å². The third-order valence-corrected chi connectivity index (χ3v) is 3.51. The molecular formula is C14H17FN2O4. The number of hydrogen-bond donors (Lipinski definition) is 0. The van der Waals surface area contributed by atoms with E-state index in [9.17, 15) is 19.3 Å². The van der Waals surface area contributed by atoms with Gasteiger partial charge in [-0.2, -0.15) is 0 Å². The summed E-state index contributed by atoms with van der Waals surface area (Å²) in [6, 6.07) is 2.95. The van der Waals surface area contributed by atoms with Crippen LogP contribution in [0.4, 0.5) is 15.8 Å². The molecule has 2 rings (SSSR count). The van der Waals surface area contributed by atoms with Crippen LogP contribution in [-0.2, 0) is 9.53 Å². The molecule has 0 radical (unpaired) electrons. The molecule has 1 saturated heterocycles. The lowest BCUT2D eigenvalue weighted by Crippen LogP contribution is -2.46. The molecule has 114 valence electrons. The average Bonchev–Trinajstić information content (AvgIpc) is 2.47. The number of carbonyl (C=O) groups is 1. The van der Waals surface area contributed by atoms with E-state index in [0.29, 0.717) is 13.0 Å². The minimum Gasteiger partial charge on any atom is -0.464 e. The zero-order valence-corrected chi connectivity index (χ0v) is 11.8. The first-order valence-corrected chi connectivity index (χ1v) is 6.91. The fourth-order valence-corrected chi connectivity index (χ4v) is 2.55. The maximum atomic E-state index is 14.1. The topological polar surface area (TPSA) is 72.7 Å². The van der Waals surface area contributed by atoms with Crippen molar-refractivity contribution >= 4 is 17.3 Å². The van der Waals surface area contributed by atoms with E-state index in [4.69, 9.17) is 4.74 Å². The fourth-order valence-electron chi connectivity index (χ4n) is 2.55. The molecule has 1 aliphatic rings. The maximum absolute atomic E-state index is 14.1. The predicted molar refractivity (Wildman–Crippen MR) is 74.7 cm³/mol. The Morgan fingerprint density at radius 3 is 2.90 bits per heavy atom. The number of nitro benzene ring substituents is 1. The van der Waals surface area contributed by atoms with E-state index in [-0.39, 0.29) is 24.0 Å². The zero-order chi connectivity index (χ0) is 15.4. The number of piperidine rings is 1. The molecule has 1 unspecified atom stereocenters. The molecule has 0 bridgehead atoms. The first-order valence-electron chi connectivity index (χ1n) is 6.91. The Kier molecular flexibility index (Phi) is 4.72. The Bertz CT molecular complexity index is 550. The number of carbonyl (C=O) groups excluding carboxylic acids is 1. The second kappa shape index (κ2) is 6.51. The number of halogens is 1. The standard InChI is InChI=1S/C14H17FN2O4/c1-2-21-14(18)13-5-3-4-8-16(13)12-7-6-10(17(19)20)9-11(12)15/h6-7,9,13H,2-5,8H2,1H3. The third-order valence-electron chi connectivity index (χ3n) is 3.51. The molecule has 0 amide bonds. The van der Waals surface area contributed by atoms with Gasteiger partial charge in [-0.25, -0.2) is 9.18 Å². The molecule has 1 aromatic rings. The third kappa shape index (κ3) is 3.29. The van der Waals surface area contributed by atoms with Crippen LogP contribution in [-0.4, -0.2) is 30.1 Å². The maximum Gasteiger partial charge on any atom is 0.328 e. The fraction of sp³-hybridized carbons (Fsp3) is 0.500. The molecule has 1 aromatic carbocycles. The van der Waals surface area contributed by atoms with Crippen molar-refractivity contribution < 1.29 is 18.8 Å². The summed E-state index contributed by atoms with van der Waals surface area (Å²) in [6.07, 6.45) is 2.30. The molecular weight excluding hydrogens is 279 g/mol. The Labute approximate surface area is 121 Å². The van der Waals surface area contributed by atoms with Crippen molar-refractivity contribution in [2.24, 2.45) is 0 Å². The van der Waals surface area contributed by atoms with Gasteiger partial charge < -0.3 is 9.64 Å². The predicted octanol–water partition coefficient (Wildman–Crippen LogP) is 2.66. The van der Waals surface area contributed by atoms with Gasteiger partial charge in [-0.3, -0.25) is 10.1 Å². The first kappa shape index (κ1) is 15.2. The summed E-state index contributed by atoms with van der Waals surface area (Å²) in [5.74, 6) is -1.07. The van der Waals surface area contributed by atoms with Crippen molar-refractivity contribution in [1.82, 2.24) is 0 Å². The van der Waals surface area contributed by atoms with Crippen molar-refractivity contribution in [1.29, 1.82) is 0 Å². The molecule has 21 heavy (non-hydrogen) atoms. The monoisotopic (exact) mass is 296 g/mol. The Balaban J connectivity index is 2.29. The minimum absolute atomic E-state index is 0.207. The number of ether oxygens (including phenoxy) is 1. The molecule has 1 aliphatic heterocycles. The highest BCUT2D eigenvalue weighted by atomic mass is 19.1. The van der Waals surface area contributed by atoms with E-state index in [2.05, 4.69) is 0 Å². The number of nitrogens with zero attached hydrogens (tertiary/aromatic N) is 2. The Morgan fingerprint density at radius 1 is 1.52 bits per heavy atom. The lowest BCUT2D eigenvalue weighted by atomic mass is 10.0. The van der Waals surface area contributed by atoms with Gasteiger partial charge >= 0.3 is 5.97 Å². The summed E-state index contributed by atoms with van der Waals surface area (Å²) in [5, 5.41) is 10.6. The van der Waals surface area contributed by atoms with E-state index in [1.54, 1.807) is 11.8 Å². The summed E-state index contributed by atoms with van der Waals surface area (Å²) in [4.78, 5) is 23.6. The van der Waals surface area contributed by atoms with Crippen LogP contribution in [0.15, 0.2) is 18.2 Å². The number of hydrogen-bond acceptors (Lipinski definition) is 5. The van der Waals surface area contributed by atoms with Crippen LogP contribution in [0.5, 0.6) is 0 Å². The van der Waals surface area contributed by atoms with Gasteiger partial charge in [0, 0.05) is 12.6 Å². The van der Waals surface area contributed by atoms with Gasteiger partial charge in [0.25, 0.3) is 5.69 Å². The van der Waals surface area contributed by atoms with E-state index in [1.165, 1.54) is 12.1 Å². The van der Waals surface area contributed by atoms with Crippen LogP contribution in [0.1, 0.15) is 26.2 Å². The van der Waals surface area contributed by atoms with Crippen molar-refractivity contribution in [2.75, 3.05) is 18.1 Å². The van der Waals surface area contributed by atoms with Gasteiger partial charge in [-0.15, -0.1) is 0 Å². The van der Waals surface area contributed by atoms with Crippen LogP contribution in [0.2, 0.25) is 0 Å². The number of esters is 1. The van der Waals surface area contributed by atoms with Gasteiger partial charge in [0.05, 0.1) is 23.3 Å². The van der Waals surface area contributed by atoms with Gasteiger partial charge in [-0.05, 0) is 32.3 Å². The van der Waals surface area contributed by atoms with E-state index >= 15 is 0 Å². The summed E-state index contributed by atoms with van der Waals surface area (Å²) >= 11 is 0. The van der Waals surface area contributed by atoms with Crippen LogP contribution in [0, 0.1) is 15.9 Å². The SMILES string of the molecule is CCOC(=O)C1CCCCN1c1ccc([N+](=O)[O-])cc1F. The normalized spacial score (nSPS) is 18.4. The van der Waals surface area contributed by atoms with Crippen molar-refractivity contribution in [3.8, 4) is 0 Å². The van der Waals surface area contributed by atoms with E-state index in [0.717, 1.165) is 18.9 Å². The number of non-ortho nitro benzene ring substituents is 1. The Hall–Kier alpha value is -2.18. The summed E-state index contributed by atoms with van der Waals surface area (Å²) in [6.45, 7) is 2.52. The van der Waals surface area contributed by atoms with Crippen LogP contribution in [0.3, 0.4) is 0 Å². The molecule has 0 saturated carbocycles. The van der Waals surface area contributed by atoms with Gasteiger partial charge in [0.1, 0.15) is 6.04 Å². The summed E-state index contributed by atoms with van der Waals surface area (Å²) in [7, 11) is 0. The van der Waals surface area contributed by atoms with Gasteiger partial charge in [-0.1, -0.05) is 0 Å². The second-order valence-electron chi connectivity index (χ2n) is 4.85. The molecule has 1 heterocycles. The first-order chi connectivity index (χ1) is 10.0. The van der Waals surface area contributed by atoms with Crippen molar-refractivity contribution in [3.05, 3.63) is 34.1 Å². The quantitative estimate of drug-likeness (QED) is 0.485. The van der Waals surface area contributed by atoms with Crippen molar-refractivity contribution in [2.45, 2.75) is 32.2 Å². The average molecular weight is 296 g/mol. The largest absolute Gasteiger partial charge is 0.464 e. The second-order valence-corrected chi connectivity index (χ2v) is 4.85. The highest BCUT2D eigenvalue weighted by Crippen LogP contribution is 2.30. The highest BCUT2D eigenvalue weighted by molar-refractivity contribution is 5.80. The molecule has 1 atom stereocenters. The zero-order valence-electron chi connectivity index (χ0n) is 11.8. The molecule has 0 aromatic heterocycles. The molecule has 0 N–H and O–H groups in total. The summed E-state index contributed by atoms with van der Waals surface area (Å²) < 4.78 is 19.1. The van der Waals surface area contributed by atoms with Crippen LogP contribution in [0.25, 0.3) is 0 Å². The van der Waals surface area contributed by atoms with E-state index < -0.39 is 16.8 Å². The lowest BCUT2D eigenvalue weighted by Gasteiger charge is -2.35. The minimum atomic E-state index is -0.694. The molecule has 7 heteroatoms. The Morgan fingerprint density at radius 2 is 2.29 bits per heavy atom. The van der Waals surface area contributed by atoms with Gasteiger partial charge in [0.15, 0.2) is 5.82 Å². The number of nitro groups is 1. The smallest absolute Gasteiger partial charge is 0.328 e. The molecule has 0 spiro atoms. The molecule has 0 aliphatic carbocycles. The van der Waals surface area contributed by atoms with E-state index in [1.807, 2.05) is 0 Å². The van der Waals surface area contributed by atoms with Gasteiger partial charge in [0.2, 0.25) is 0 Å². The van der Waals surface area contributed by atoms with Crippen LogP contribution >= 0.6 is 0 Å². The lowest BCUT2D eigenvalue weighted by molar-refractivity contribution is -0.385. The summed E-state index contributed by atoms with van der Waals surface area (Å²) in [5.41, 5.74) is -0.0979. The number of benzene rings is 1. The molecule has 1 fully saturated rings. The van der Waals surface area contributed by atoms with Crippen LogP contribution < -0.4 is 4.90 Å².